The highest BCUT2D eigenvalue weighted by Crippen LogP contribution is 2.41. The number of pyridine rings is 2. The van der Waals surface area contributed by atoms with Crippen LogP contribution in [0.4, 0.5) is 11.5 Å². The van der Waals surface area contributed by atoms with E-state index in [4.69, 9.17) is 39.2 Å². The quantitative estimate of drug-likeness (QED) is 0.192. The van der Waals surface area contributed by atoms with Crippen LogP contribution in [0, 0.1) is 0 Å². The first-order valence-electron chi connectivity index (χ1n) is 16.1. The number of hydrogen-bond acceptors (Lipinski definition) is 7. The molecule has 12 heteroatoms. The minimum atomic E-state index is -1.68. The Balaban J connectivity index is 1.24. The molecule has 0 bridgehead atoms. The van der Waals surface area contributed by atoms with Crippen LogP contribution in [0.25, 0.3) is 39.5 Å². The average molecular weight is 616 g/mol. The summed E-state index contributed by atoms with van der Waals surface area (Å²) in [5.41, 5.74) is 13.8. The maximum atomic E-state index is 11.6. The normalized spacial score (nSPS) is 16.6. The number of nitrogens with two attached hydrogens (primary N) is 1. The first-order valence-corrected chi connectivity index (χ1v) is 16.1. The van der Waals surface area contributed by atoms with Crippen LogP contribution < -0.4 is 16.0 Å². The van der Waals surface area contributed by atoms with Crippen LogP contribution in [-0.2, 0) is 10.3 Å². The lowest BCUT2D eigenvalue weighted by Crippen LogP contribution is -2.57. The van der Waals surface area contributed by atoms with Gasteiger partial charge in [-0.05, 0) is 93.2 Å². The largest absolute Gasteiger partial charge is 0.383 e. The van der Waals surface area contributed by atoms with Crippen molar-refractivity contribution >= 4 is 52.6 Å². The fourth-order valence-corrected chi connectivity index (χ4v) is 7.05. The molecule has 0 unspecified atom stereocenters. The van der Waals surface area contributed by atoms with E-state index in [9.17, 15) is 4.79 Å². The fourth-order valence-electron chi connectivity index (χ4n) is 7.05. The molecule has 230 valence electrons. The van der Waals surface area contributed by atoms with Gasteiger partial charge >= 0.3 is 0 Å². The van der Waals surface area contributed by atoms with E-state index >= 15 is 0 Å². The van der Waals surface area contributed by atoms with Crippen LogP contribution >= 0.6 is 0 Å². The number of fused-ring (bicyclic) bond motifs is 1. The van der Waals surface area contributed by atoms with Gasteiger partial charge < -0.3 is 20.9 Å². The number of piperidine rings is 1. The minimum Gasteiger partial charge on any atom is -0.383 e. The van der Waals surface area contributed by atoms with Crippen molar-refractivity contribution in [1.29, 1.82) is 0 Å². The molecule has 6 radical (unpaired) electrons. The summed E-state index contributed by atoms with van der Waals surface area (Å²) in [6.07, 6.45) is 7.21. The number of amides is 1. The van der Waals surface area contributed by atoms with Gasteiger partial charge in [0.25, 0.3) is 0 Å². The zero-order chi connectivity index (χ0) is 32.8. The molecule has 1 saturated carbocycles. The molecule has 3 aromatic heterocycles. The number of hydrogen-bond donors (Lipinski definition) is 2. The van der Waals surface area contributed by atoms with Gasteiger partial charge in [-0.15, -0.1) is 0 Å². The monoisotopic (exact) mass is 616 g/mol. The molecule has 2 fully saturated rings. The molecule has 0 spiro atoms. The topological polar surface area (TPSA) is 105 Å². The number of imidazole rings is 1. The van der Waals surface area contributed by atoms with Gasteiger partial charge in [-0.2, -0.15) is 0 Å². The fraction of sp³-hybridized carbons (Fsp3) is 0.314. The van der Waals surface area contributed by atoms with Crippen LogP contribution in [0.1, 0.15) is 37.7 Å². The third-order valence-corrected chi connectivity index (χ3v) is 9.87. The molecule has 2 aliphatic rings. The predicted octanol–water partition coefficient (Wildman–Crippen LogP) is 3.87. The Labute approximate surface area is 279 Å². The molecule has 1 aliphatic carbocycles. The number of nitrogen functional groups attached to an aromatic ring is 1. The number of rotatable bonds is 9. The van der Waals surface area contributed by atoms with Gasteiger partial charge in [0.05, 0.1) is 34.8 Å². The van der Waals surface area contributed by atoms with E-state index in [-0.39, 0.29) is 11.6 Å². The van der Waals surface area contributed by atoms with E-state index in [1.54, 1.807) is 6.20 Å². The number of carbonyl (C=O) groups excluding carboxylic acids is 1. The molecule has 1 amide bonds. The Morgan fingerprint density at radius 2 is 1.74 bits per heavy atom. The van der Waals surface area contributed by atoms with Crippen molar-refractivity contribution < 1.29 is 4.79 Å². The summed E-state index contributed by atoms with van der Waals surface area (Å²) < 4.78 is 2.07. The van der Waals surface area contributed by atoms with Crippen molar-refractivity contribution in [1.82, 2.24) is 29.7 Å². The first kappa shape index (κ1) is 31.1. The Bertz CT molecular complexity index is 1910. The number of carbonyl (C=O) groups is 1. The standard InChI is InChI=1S/C35H35B3N8O/c1-40-34(16-4-17-34)24-8-10-26(11-9-24)46-32(28-7-3-18-41-31(28)39)43-30-13-12-29(42-33(30)46)23-5-2-6-27(21-23)44-19-14-25(15-20-44)45(22-47)35(36,37)38/h2-3,5-13,18,21-22,25,40H,4,14-17,19-20H2,1H3,(H2,39,41). The van der Waals surface area contributed by atoms with Gasteiger partial charge in [-0.1, -0.05) is 29.5 Å². The van der Waals surface area contributed by atoms with Crippen LogP contribution in [0.3, 0.4) is 0 Å². The maximum absolute atomic E-state index is 11.6. The number of anilines is 2. The van der Waals surface area contributed by atoms with Crippen LogP contribution in [0.2, 0.25) is 0 Å². The van der Waals surface area contributed by atoms with Crippen LogP contribution in [0.5, 0.6) is 0 Å². The molecule has 2 aromatic carbocycles. The van der Waals surface area contributed by atoms with E-state index in [0.29, 0.717) is 30.9 Å². The van der Waals surface area contributed by atoms with Crippen molar-refractivity contribution in [3.63, 3.8) is 0 Å². The van der Waals surface area contributed by atoms with E-state index in [1.807, 2.05) is 37.4 Å². The van der Waals surface area contributed by atoms with Crippen LogP contribution in [-0.4, -0.2) is 85.8 Å². The predicted molar refractivity (Wildman–Crippen MR) is 190 cm³/mol. The lowest BCUT2D eigenvalue weighted by molar-refractivity contribution is -0.121. The third kappa shape index (κ3) is 5.69. The maximum Gasteiger partial charge on any atom is 0.208 e. The van der Waals surface area contributed by atoms with Crippen molar-refractivity contribution in [3.8, 4) is 28.3 Å². The second-order valence-corrected chi connectivity index (χ2v) is 12.6. The summed E-state index contributed by atoms with van der Waals surface area (Å²) in [7, 11) is 19.5. The Morgan fingerprint density at radius 3 is 2.38 bits per heavy atom. The highest BCUT2D eigenvalue weighted by atomic mass is 16.1. The number of nitrogens with zero attached hydrogens (tertiary/aromatic N) is 6. The second-order valence-electron chi connectivity index (χ2n) is 12.6. The van der Waals surface area contributed by atoms with Crippen molar-refractivity contribution in [2.45, 2.75) is 48.9 Å². The Kier molecular flexibility index (Phi) is 8.08. The molecule has 3 N–H and O–H groups in total. The molecule has 7 rings (SSSR count). The molecule has 5 aromatic rings. The van der Waals surface area contributed by atoms with Gasteiger partial charge in [0.1, 0.15) is 11.3 Å². The molecule has 9 nitrogen and oxygen atoms in total. The molecule has 0 atom stereocenters. The van der Waals surface area contributed by atoms with E-state index in [1.165, 1.54) is 16.9 Å². The highest BCUT2D eigenvalue weighted by molar-refractivity contribution is 6.59. The first-order chi connectivity index (χ1) is 22.7. The smallest absolute Gasteiger partial charge is 0.208 e. The molecular weight excluding hydrogens is 581 g/mol. The zero-order valence-corrected chi connectivity index (χ0v) is 26.5. The van der Waals surface area contributed by atoms with Crippen molar-refractivity contribution in [3.05, 3.63) is 84.6 Å². The van der Waals surface area contributed by atoms with Crippen molar-refractivity contribution in [2.24, 2.45) is 0 Å². The molecule has 4 heterocycles. The van der Waals surface area contributed by atoms with Crippen molar-refractivity contribution in [2.75, 3.05) is 30.8 Å². The number of aromatic nitrogens is 4. The van der Waals surface area contributed by atoms with E-state index in [2.05, 4.69) is 62.2 Å². The summed E-state index contributed by atoms with van der Waals surface area (Å²) in [5.74, 6) is 1.10. The van der Waals surface area contributed by atoms with Gasteiger partial charge in [-0.25, -0.2) is 15.0 Å². The number of nitrogens with one attached hydrogen (secondary N) is 1. The van der Waals surface area contributed by atoms with Gasteiger partial charge in [-0.3, -0.25) is 9.36 Å². The van der Waals surface area contributed by atoms with Gasteiger partial charge in [0.2, 0.25) is 6.41 Å². The molecule has 47 heavy (non-hydrogen) atoms. The van der Waals surface area contributed by atoms with E-state index in [0.717, 1.165) is 65.3 Å². The average Bonchev–Trinajstić information content (AvgIpc) is 3.44. The van der Waals surface area contributed by atoms with E-state index < -0.39 is 5.24 Å². The summed E-state index contributed by atoms with van der Waals surface area (Å²) in [6, 6.07) is 24.7. The lowest BCUT2D eigenvalue weighted by atomic mass is 9.48. The lowest BCUT2D eigenvalue weighted by Gasteiger charge is -2.44. The minimum absolute atomic E-state index is 0.0373. The highest BCUT2D eigenvalue weighted by Gasteiger charge is 2.37. The zero-order valence-electron chi connectivity index (χ0n) is 26.5. The number of benzene rings is 2. The van der Waals surface area contributed by atoms with Gasteiger partial charge in [0, 0.05) is 47.8 Å². The summed E-state index contributed by atoms with van der Waals surface area (Å²) in [6.45, 7) is 1.46. The Morgan fingerprint density at radius 1 is 0.979 bits per heavy atom. The second kappa shape index (κ2) is 12.2. The summed E-state index contributed by atoms with van der Waals surface area (Å²) >= 11 is 0. The summed E-state index contributed by atoms with van der Waals surface area (Å²) in [4.78, 5) is 29.8. The summed E-state index contributed by atoms with van der Waals surface area (Å²) in [5, 5.41) is 1.86. The van der Waals surface area contributed by atoms with Gasteiger partial charge in [0.15, 0.2) is 11.5 Å². The molecule has 1 saturated heterocycles. The van der Waals surface area contributed by atoms with Crippen LogP contribution in [0.15, 0.2) is 79.0 Å². The SMILES string of the molecule is [B]C([B])([B])N(C=O)C1CCN(c2cccc(-c3ccc4nc(-c5cccnc5N)n(-c5ccc(C6(NC)CCC6)cc5)c4n3)c2)CC1. The Hall–Kier alpha value is -4.57. The molecule has 1 aliphatic heterocycles. The molecular formula is C35H35B3N8O. The third-order valence-electron chi connectivity index (χ3n) is 9.87.